The number of cyclic esters (lactones) is 1. The zero-order valence-corrected chi connectivity index (χ0v) is 20.1. The summed E-state index contributed by atoms with van der Waals surface area (Å²) >= 11 is 0. The molecular formula is C27H38O4. The van der Waals surface area contributed by atoms with Gasteiger partial charge in [-0.2, -0.15) is 0 Å². The molecule has 0 aromatic carbocycles. The van der Waals surface area contributed by atoms with E-state index in [0.717, 1.165) is 17.6 Å². The Morgan fingerprint density at radius 1 is 1.10 bits per heavy atom. The zero-order chi connectivity index (χ0) is 22.4. The molecule has 6 atom stereocenters. The number of hydrogen-bond donors (Lipinski definition) is 0. The third-order valence-electron chi connectivity index (χ3n) is 10.5. The predicted octanol–water partition coefficient (Wildman–Crippen LogP) is 5.76. The summed E-state index contributed by atoms with van der Waals surface area (Å²) in [4.78, 5) is 24.6. The van der Waals surface area contributed by atoms with Crippen LogP contribution in [0.1, 0.15) is 86.5 Å². The lowest BCUT2D eigenvalue weighted by Gasteiger charge is -2.68. The molecule has 0 aromatic heterocycles. The van der Waals surface area contributed by atoms with Crippen LogP contribution >= 0.6 is 0 Å². The van der Waals surface area contributed by atoms with Crippen molar-refractivity contribution in [2.45, 2.75) is 92.6 Å². The topological polar surface area (TPSA) is 52.6 Å². The van der Waals surface area contributed by atoms with Gasteiger partial charge in [0, 0.05) is 12.5 Å². The summed E-state index contributed by atoms with van der Waals surface area (Å²) < 4.78 is 11.6. The molecule has 5 aliphatic rings. The lowest BCUT2D eigenvalue weighted by atomic mass is 9.37. The Morgan fingerprint density at radius 3 is 2.55 bits per heavy atom. The van der Waals surface area contributed by atoms with Crippen LogP contribution in [0.5, 0.6) is 0 Å². The number of hydrogen-bond acceptors (Lipinski definition) is 4. The molecule has 0 saturated heterocycles. The molecule has 1 aliphatic heterocycles. The Balaban J connectivity index is 1.65. The SMILES string of the molecule is CC(=O)O[C@H]1C[C@@H]2[C@@]3(C)CCCC(C)(C)[C@@H]3CC[C@@]2(C)C2=CCC3=C(COC3=O)[C@]21C. The summed E-state index contributed by atoms with van der Waals surface area (Å²) in [6, 6.07) is 0. The van der Waals surface area contributed by atoms with Crippen molar-refractivity contribution in [1.29, 1.82) is 0 Å². The van der Waals surface area contributed by atoms with Gasteiger partial charge >= 0.3 is 11.9 Å². The first-order valence-electron chi connectivity index (χ1n) is 12.2. The van der Waals surface area contributed by atoms with Crippen LogP contribution in [0.15, 0.2) is 22.8 Å². The minimum Gasteiger partial charge on any atom is -0.461 e. The molecule has 0 N–H and O–H groups in total. The van der Waals surface area contributed by atoms with E-state index in [1.54, 1.807) is 0 Å². The summed E-state index contributed by atoms with van der Waals surface area (Å²) in [5, 5.41) is 0. The molecule has 0 bridgehead atoms. The lowest BCUT2D eigenvalue weighted by Crippen LogP contribution is -2.62. The summed E-state index contributed by atoms with van der Waals surface area (Å²) in [7, 11) is 0. The van der Waals surface area contributed by atoms with E-state index in [4.69, 9.17) is 9.47 Å². The zero-order valence-electron chi connectivity index (χ0n) is 20.1. The minimum absolute atomic E-state index is 0.0637. The Hall–Kier alpha value is -1.58. The first-order valence-corrected chi connectivity index (χ1v) is 12.2. The van der Waals surface area contributed by atoms with Gasteiger partial charge in [-0.3, -0.25) is 4.79 Å². The van der Waals surface area contributed by atoms with Gasteiger partial charge in [0.1, 0.15) is 12.7 Å². The number of allylic oxidation sites excluding steroid dienone is 1. The van der Waals surface area contributed by atoms with Crippen molar-refractivity contribution in [1.82, 2.24) is 0 Å². The molecule has 4 aliphatic carbocycles. The van der Waals surface area contributed by atoms with Crippen LogP contribution in [0, 0.1) is 33.5 Å². The lowest BCUT2D eigenvalue weighted by molar-refractivity contribution is -0.178. The van der Waals surface area contributed by atoms with Crippen LogP contribution in [-0.4, -0.2) is 24.6 Å². The van der Waals surface area contributed by atoms with E-state index in [0.29, 0.717) is 30.3 Å². The fraction of sp³-hybridized carbons (Fsp3) is 0.778. The highest BCUT2D eigenvalue weighted by Crippen LogP contribution is 2.72. The van der Waals surface area contributed by atoms with E-state index in [1.165, 1.54) is 44.6 Å². The average Bonchev–Trinajstić information content (AvgIpc) is 3.04. The van der Waals surface area contributed by atoms with Crippen molar-refractivity contribution in [2.75, 3.05) is 6.61 Å². The number of esters is 2. The van der Waals surface area contributed by atoms with Crippen LogP contribution in [0.2, 0.25) is 0 Å². The van der Waals surface area contributed by atoms with Gasteiger partial charge in [0.2, 0.25) is 0 Å². The van der Waals surface area contributed by atoms with E-state index in [9.17, 15) is 9.59 Å². The second kappa shape index (κ2) is 6.48. The standard InChI is InChI=1S/C27H38O4/c1-16(28)31-22-14-21-25(4)12-7-11-24(2,3)19(25)10-13-26(21,5)20-9-8-17-18(27(20,22)6)15-30-23(17)29/h9,19,21-22H,7-8,10-15H2,1-6H3/t19-,21+,22-,25-,26-,27+/m0/s1. The molecular weight excluding hydrogens is 388 g/mol. The van der Waals surface area contributed by atoms with Crippen molar-refractivity contribution < 1.29 is 19.1 Å². The van der Waals surface area contributed by atoms with Crippen molar-refractivity contribution in [3.05, 3.63) is 22.8 Å². The predicted molar refractivity (Wildman–Crippen MR) is 119 cm³/mol. The summed E-state index contributed by atoms with van der Waals surface area (Å²) in [5.74, 6) is 0.755. The quantitative estimate of drug-likeness (QED) is 0.395. The first-order chi connectivity index (χ1) is 14.4. The Kier molecular flexibility index (Phi) is 4.45. The maximum Gasteiger partial charge on any atom is 0.334 e. The Labute approximate surface area is 186 Å². The van der Waals surface area contributed by atoms with Crippen LogP contribution in [0.25, 0.3) is 0 Å². The molecule has 5 rings (SSSR count). The Bertz CT molecular complexity index is 910. The van der Waals surface area contributed by atoms with Crippen LogP contribution in [0.4, 0.5) is 0 Å². The van der Waals surface area contributed by atoms with E-state index in [-0.39, 0.29) is 28.9 Å². The van der Waals surface area contributed by atoms with Crippen LogP contribution in [-0.2, 0) is 19.1 Å². The average molecular weight is 427 g/mol. The van der Waals surface area contributed by atoms with Crippen molar-refractivity contribution in [2.24, 2.45) is 33.5 Å². The molecule has 170 valence electrons. The molecule has 0 radical (unpaired) electrons. The summed E-state index contributed by atoms with van der Waals surface area (Å²) in [6.07, 6.45) is 9.86. The molecule has 0 amide bonds. The van der Waals surface area contributed by atoms with Crippen LogP contribution in [0.3, 0.4) is 0 Å². The Morgan fingerprint density at radius 2 is 1.84 bits per heavy atom. The van der Waals surface area contributed by atoms with Gasteiger partial charge in [-0.1, -0.05) is 45.8 Å². The number of carbonyl (C=O) groups is 2. The highest BCUT2D eigenvalue weighted by atomic mass is 16.5. The molecule has 0 aromatic rings. The van der Waals surface area contributed by atoms with Crippen molar-refractivity contribution >= 4 is 11.9 Å². The fourth-order valence-electron chi connectivity index (χ4n) is 9.20. The third kappa shape index (κ3) is 2.66. The van der Waals surface area contributed by atoms with E-state index in [1.807, 2.05) is 0 Å². The number of rotatable bonds is 1. The largest absolute Gasteiger partial charge is 0.461 e. The third-order valence-corrected chi connectivity index (χ3v) is 10.5. The van der Waals surface area contributed by atoms with E-state index in [2.05, 4.69) is 40.7 Å². The van der Waals surface area contributed by atoms with Gasteiger partial charge in [0.15, 0.2) is 0 Å². The second-order valence-electron chi connectivity index (χ2n) is 12.3. The highest BCUT2D eigenvalue weighted by Gasteiger charge is 2.66. The summed E-state index contributed by atoms with van der Waals surface area (Å²) in [6.45, 7) is 14.0. The van der Waals surface area contributed by atoms with Gasteiger partial charge < -0.3 is 9.47 Å². The number of carbonyl (C=O) groups excluding carboxylic acids is 2. The van der Waals surface area contributed by atoms with Gasteiger partial charge in [-0.25, -0.2) is 4.79 Å². The normalized spacial score (nSPS) is 45.5. The minimum atomic E-state index is -0.440. The monoisotopic (exact) mass is 426 g/mol. The highest BCUT2D eigenvalue weighted by molar-refractivity contribution is 5.93. The van der Waals surface area contributed by atoms with Gasteiger partial charge in [0.25, 0.3) is 0 Å². The number of fused-ring (bicyclic) bond motifs is 6. The first kappa shape index (κ1) is 21.3. The number of ether oxygens (including phenoxy) is 2. The smallest absolute Gasteiger partial charge is 0.334 e. The van der Waals surface area contributed by atoms with Gasteiger partial charge in [0.05, 0.1) is 5.41 Å². The maximum absolute atomic E-state index is 12.4. The molecule has 4 nitrogen and oxygen atoms in total. The van der Waals surface area contributed by atoms with Gasteiger partial charge in [-0.05, 0) is 79.1 Å². The molecule has 3 fully saturated rings. The van der Waals surface area contributed by atoms with Crippen molar-refractivity contribution in [3.63, 3.8) is 0 Å². The molecule has 4 heteroatoms. The molecule has 0 unspecified atom stereocenters. The van der Waals surface area contributed by atoms with E-state index >= 15 is 0 Å². The van der Waals surface area contributed by atoms with Gasteiger partial charge in [-0.15, -0.1) is 0 Å². The molecule has 1 heterocycles. The fourth-order valence-corrected chi connectivity index (χ4v) is 9.20. The van der Waals surface area contributed by atoms with Crippen molar-refractivity contribution in [3.8, 4) is 0 Å². The van der Waals surface area contributed by atoms with Crippen LogP contribution < -0.4 is 0 Å². The molecule has 3 saturated carbocycles. The maximum atomic E-state index is 12.4. The second-order valence-corrected chi connectivity index (χ2v) is 12.3. The van der Waals surface area contributed by atoms with E-state index < -0.39 is 5.41 Å². The molecule has 0 spiro atoms. The molecule has 31 heavy (non-hydrogen) atoms. The summed E-state index contributed by atoms with van der Waals surface area (Å²) in [5.41, 5.74) is 3.49.